The molecule has 0 aliphatic carbocycles. The molecular formula is C16H17F2NO. The lowest BCUT2D eigenvalue weighted by Gasteiger charge is -2.15. The summed E-state index contributed by atoms with van der Waals surface area (Å²) in [6, 6.07) is 9.28. The summed E-state index contributed by atoms with van der Waals surface area (Å²) >= 11 is 0. The molecule has 2 rings (SSSR count). The van der Waals surface area contributed by atoms with E-state index in [0.717, 1.165) is 23.3 Å². The van der Waals surface area contributed by atoms with Gasteiger partial charge in [0, 0.05) is 23.7 Å². The molecule has 0 saturated carbocycles. The molecule has 0 saturated heterocycles. The average molecular weight is 277 g/mol. The van der Waals surface area contributed by atoms with Crippen LogP contribution in [0.1, 0.15) is 22.7 Å². The van der Waals surface area contributed by atoms with Gasteiger partial charge in [0.25, 0.3) is 0 Å². The van der Waals surface area contributed by atoms with Crippen molar-refractivity contribution in [3.8, 4) is 5.75 Å². The van der Waals surface area contributed by atoms with Crippen LogP contribution in [0.3, 0.4) is 0 Å². The molecule has 2 nitrogen and oxygen atoms in total. The summed E-state index contributed by atoms with van der Waals surface area (Å²) in [7, 11) is 1.36. The minimum Gasteiger partial charge on any atom is -0.497 e. The SMILES string of the molecule is COc1cc(F)c(C(N)Cc2cccc(C)c2)c(F)c1. The van der Waals surface area contributed by atoms with Gasteiger partial charge in [-0.05, 0) is 18.9 Å². The van der Waals surface area contributed by atoms with E-state index in [-0.39, 0.29) is 11.3 Å². The molecule has 0 aromatic heterocycles. The second-order valence-electron chi connectivity index (χ2n) is 4.80. The molecule has 4 heteroatoms. The predicted molar refractivity (Wildman–Crippen MR) is 74.7 cm³/mol. The van der Waals surface area contributed by atoms with Crippen LogP contribution >= 0.6 is 0 Å². The summed E-state index contributed by atoms with van der Waals surface area (Å²) in [6.45, 7) is 1.96. The van der Waals surface area contributed by atoms with E-state index in [4.69, 9.17) is 10.5 Å². The van der Waals surface area contributed by atoms with Crippen molar-refractivity contribution in [2.45, 2.75) is 19.4 Å². The Bertz CT molecular complexity index is 590. The highest BCUT2D eigenvalue weighted by atomic mass is 19.1. The first-order valence-electron chi connectivity index (χ1n) is 6.35. The van der Waals surface area contributed by atoms with Crippen LogP contribution in [0.25, 0.3) is 0 Å². The molecule has 0 bridgehead atoms. The van der Waals surface area contributed by atoms with Crippen LogP contribution in [-0.2, 0) is 6.42 Å². The Morgan fingerprint density at radius 1 is 1.15 bits per heavy atom. The highest BCUT2D eigenvalue weighted by molar-refractivity contribution is 5.34. The molecule has 2 N–H and O–H groups in total. The zero-order valence-electron chi connectivity index (χ0n) is 11.5. The van der Waals surface area contributed by atoms with Crippen LogP contribution in [0.2, 0.25) is 0 Å². The van der Waals surface area contributed by atoms with E-state index in [9.17, 15) is 8.78 Å². The summed E-state index contributed by atoms with van der Waals surface area (Å²) in [4.78, 5) is 0. The van der Waals surface area contributed by atoms with E-state index in [1.54, 1.807) is 0 Å². The fourth-order valence-corrected chi connectivity index (χ4v) is 2.23. The largest absolute Gasteiger partial charge is 0.497 e. The molecule has 0 fully saturated rings. The number of benzene rings is 2. The van der Waals surface area contributed by atoms with Crippen LogP contribution in [0.4, 0.5) is 8.78 Å². The normalized spacial score (nSPS) is 12.2. The molecule has 0 radical (unpaired) electrons. The monoisotopic (exact) mass is 277 g/mol. The Labute approximate surface area is 117 Å². The number of methoxy groups -OCH3 is 1. The number of nitrogens with two attached hydrogens (primary N) is 1. The number of hydrogen-bond donors (Lipinski definition) is 1. The fraction of sp³-hybridized carbons (Fsp3) is 0.250. The van der Waals surface area contributed by atoms with Crippen molar-refractivity contribution in [2.75, 3.05) is 7.11 Å². The van der Waals surface area contributed by atoms with Gasteiger partial charge in [-0.15, -0.1) is 0 Å². The van der Waals surface area contributed by atoms with E-state index >= 15 is 0 Å². The number of aryl methyl sites for hydroxylation is 1. The molecule has 106 valence electrons. The van der Waals surface area contributed by atoms with Crippen molar-refractivity contribution >= 4 is 0 Å². The number of halogens is 2. The molecule has 0 spiro atoms. The number of hydrogen-bond acceptors (Lipinski definition) is 2. The van der Waals surface area contributed by atoms with Gasteiger partial charge < -0.3 is 10.5 Å². The van der Waals surface area contributed by atoms with Gasteiger partial charge in [-0.3, -0.25) is 0 Å². The Kier molecular flexibility index (Phi) is 4.35. The molecule has 0 aliphatic rings. The third kappa shape index (κ3) is 3.14. The number of ether oxygens (including phenoxy) is 1. The molecule has 1 atom stereocenters. The number of rotatable bonds is 4. The summed E-state index contributed by atoms with van der Waals surface area (Å²) in [6.07, 6.45) is 0.377. The average Bonchev–Trinajstić information content (AvgIpc) is 2.37. The van der Waals surface area contributed by atoms with Crippen molar-refractivity contribution in [1.82, 2.24) is 0 Å². The summed E-state index contributed by atoms with van der Waals surface area (Å²) in [5.41, 5.74) is 7.88. The minimum absolute atomic E-state index is 0.104. The lowest BCUT2D eigenvalue weighted by Crippen LogP contribution is -2.17. The topological polar surface area (TPSA) is 35.2 Å². The highest BCUT2D eigenvalue weighted by Gasteiger charge is 2.18. The third-order valence-corrected chi connectivity index (χ3v) is 3.20. The molecule has 0 heterocycles. The van der Waals surface area contributed by atoms with E-state index in [0.29, 0.717) is 6.42 Å². The highest BCUT2D eigenvalue weighted by Crippen LogP contribution is 2.26. The van der Waals surface area contributed by atoms with Crippen molar-refractivity contribution in [2.24, 2.45) is 5.73 Å². The van der Waals surface area contributed by atoms with Crippen LogP contribution in [0, 0.1) is 18.6 Å². The van der Waals surface area contributed by atoms with E-state index < -0.39 is 17.7 Å². The molecule has 2 aromatic carbocycles. The Morgan fingerprint density at radius 2 is 1.80 bits per heavy atom. The Balaban J connectivity index is 2.27. The molecule has 2 aromatic rings. The first kappa shape index (κ1) is 14.5. The molecular weight excluding hydrogens is 260 g/mol. The van der Waals surface area contributed by atoms with Crippen LogP contribution in [-0.4, -0.2) is 7.11 Å². The van der Waals surface area contributed by atoms with Crippen molar-refractivity contribution in [1.29, 1.82) is 0 Å². The van der Waals surface area contributed by atoms with Crippen LogP contribution in [0.5, 0.6) is 5.75 Å². The maximum absolute atomic E-state index is 13.9. The molecule has 20 heavy (non-hydrogen) atoms. The quantitative estimate of drug-likeness (QED) is 0.928. The predicted octanol–water partition coefficient (Wildman–Crippen LogP) is 3.52. The second-order valence-corrected chi connectivity index (χ2v) is 4.80. The third-order valence-electron chi connectivity index (χ3n) is 3.20. The maximum Gasteiger partial charge on any atom is 0.134 e. The standard InChI is InChI=1S/C16H17F2NO/c1-10-4-3-5-11(6-10)7-15(19)16-13(17)8-12(20-2)9-14(16)18/h3-6,8-9,15H,7,19H2,1-2H3. The summed E-state index contributed by atoms with van der Waals surface area (Å²) < 4.78 is 32.7. The van der Waals surface area contributed by atoms with Gasteiger partial charge in [0.15, 0.2) is 0 Å². The first-order chi connectivity index (χ1) is 9.51. The van der Waals surface area contributed by atoms with Gasteiger partial charge in [-0.1, -0.05) is 29.8 Å². The fourth-order valence-electron chi connectivity index (χ4n) is 2.23. The smallest absolute Gasteiger partial charge is 0.134 e. The van der Waals surface area contributed by atoms with Crippen molar-refractivity contribution in [3.63, 3.8) is 0 Å². The van der Waals surface area contributed by atoms with E-state index in [2.05, 4.69) is 0 Å². The first-order valence-corrected chi connectivity index (χ1v) is 6.35. The van der Waals surface area contributed by atoms with Crippen molar-refractivity contribution < 1.29 is 13.5 Å². The van der Waals surface area contributed by atoms with Gasteiger partial charge in [-0.2, -0.15) is 0 Å². The summed E-state index contributed by atoms with van der Waals surface area (Å²) in [5, 5.41) is 0. The zero-order valence-corrected chi connectivity index (χ0v) is 11.5. The van der Waals surface area contributed by atoms with Gasteiger partial charge >= 0.3 is 0 Å². The summed E-state index contributed by atoms with van der Waals surface area (Å²) in [5.74, 6) is -1.21. The Hall–Kier alpha value is -1.94. The lowest BCUT2D eigenvalue weighted by molar-refractivity contribution is 0.403. The lowest BCUT2D eigenvalue weighted by atomic mass is 9.97. The van der Waals surface area contributed by atoms with Crippen LogP contribution < -0.4 is 10.5 Å². The second kappa shape index (κ2) is 6.01. The van der Waals surface area contributed by atoms with Gasteiger partial charge in [0.2, 0.25) is 0 Å². The Morgan fingerprint density at radius 3 is 2.35 bits per heavy atom. The van der Waals surface area contributed by atoms with E-state index in [1.807, 2.05) is 31.2 Å². The van der Waals surface area contributed by atoms with Gasteiger partial charge in [-0.25, -0.2) is 8.78 Å². The van der Waals surface area contributed by atoms with Gasteiger partial charge in [0.05, 0.1) is 7.11 Å². The van der Waals surface area contributed by atoms with Gasteiger partial charge in [0.1, 0.15) is 17.4 Å². The zero-order chi connectivity index (χ0) is 14.7. The van der Waals surface area contributed by atoms with Crippen LogP contribution in [0.15, 0.2) is 36.4 Å². The molecule has 0 aliphatic heterocycles. The minimum atomic E-state index is -0.734. The van der Waals surface area contributed by atoms with Crippen molar-refractivity contribution in [3.05, 3.63) is 64.7 Å². The molecule has 0 amide bonds. The van der Waals surface area contributed by atoms with E-state index in [1.165, 1.54) is 7.11 Å². The molecule has 1 unspecified atom stereocenters. The maximum atomic E-state index is 13.9.